The van der Waals surface area contributed by atoms with Gasteiger partial charge < -0.3 is 14.9 Å². The van der Waals surface area contributed by atoms with Crippen LogP contribution in [0, 0.1) is 0 Å². The van der Waals surface area contributed by atoms with Crippen molar-refractivity contribution in [3.05, 3.63) is 34.7 Å². The van der Waals surface area contributed by atoms with Crippen LogP contribution in [0.15, 0.2) is 29.2 Å². The number of carbonyl (C=O) groups is 2. The predicted octanol–water partition coefficient (Wildman–Crippen LogP) is 2.51. The summed E-state index contributed by atoms with van der Waals surface area (Å²) in [5, 5.41) is 18.0. The second-order valence-electron chi connectivity index (χ2n) is 5.34. The maximum Gasteiger partial charge on any atom is 0.344 e. The monoisotopic (exact) mass is 381 g/mol. The van der Waals surface area contributed by atoms with E-state index in [9.17, 15) is 9.59 Å². The minimum atomic E-state index is -1.02. The highest BCUT2D eigenvalue weighted by Gasteiger charge is 2.31. The zero-order valence-electron chi connectivity index (χ0n) is 13.7. The van der Waals surface area contributed by atoms with Gasteiger partial charge in [0.05, 0.1) is 4.91 Å². The molecule has 1 heterocycles. The molecule has 1 fully saturated rings. The Labute approximate surface area is 155 Å². The van der Waals surface area contributed by atoms with E-state index in [4.69, 9.17) is 27.2 Å². The minimum Gasteiger partial charge on any atom is -0.479 e. The molecule has 0 aromatic heterocycles. The van der Waals surface area contributed by atoms with Crippen LogP contribution in [0.3, 0.4) is 0 Å². The Kier molecular flexibility index (Phi) is 6.98. The van der Waals surface area contributed by atoms with Gasteiger partial charge in [-0.1, -0.05) is 43.0 Å². The molecule has 134 valence electrons. The van der Waals surface area contributed by atoms with Crippen LogP contribution in [-0.4, -0.2) is 50.6 Å². The zero-order valence-corrected chi connectivity index (χ0v) is 15.3. The molecule has 1 aromatic carbocycles. The largest absolute Gasteiger partial charge is 0.479 e. The first-order chi connectivity index (χ1) is 12.0. The fraction of sp³-hybridized carbons (Fsp3) is 0.353. The van der Waals surface area contributed by atoms with Crippen molar-refractivity contribution in [3.63, 3.8) is 0 Å². The first kappa shape index (κ1) is 19.4. The average Bonchev–Trinajstić information content (AvgIpc) is 2.84. The first-order valence-corrected chi connectivity index (χ1v) is 9.04. The maximum absolute atomic E-state index is 12.4. The summed E-state index contributed by atoms with van der Waals surface area (Å²) in [7, 11) is 0. The summed E-state index contributed by atoms with van der Waals surface area (Å²) >= 11 is 6.42. The lowest BCUT2D eigenvalue weighted by molar-refractivity contribution is -0.145. The second-order valence-corrected chi connectivity index (χ2v) is 7.01. The zero-order chi connectivity index (χ0) is 18.4. The summed E-state index contributed by atoms with van der Waals surface area (Å²) in [5.74, 6) is -0.775. The molecule has 8 heteroatoms. The molecular formula is C17H19NO5S2. The molecule has 0 bridgehead atoms. The number of hydrogen-bond donors (Lipinski definition) is 2. The summed E-state index contributed by atoms with van der Waals surface area (Å²) in [6.07, 6.45) is 1.61. The van der Waals surface area contributed by atoms with E-state index in [2.05, 4.69) is 0 Å². The lowest BCUT2D eigenvalue weighted by Gasteiger charge is -2.13. The number of thiocarbonyl (C=S) groups is 1. The minimum absolute atomic E-state index is 0.00232. The van der Waals surface area contributed by atoms with Crippen LogP contribution in [-0.2, 0) is 9.59 Å². The standard InChI is InChI=1S/C17H19NO5S2/c1-2-13(16(21)22)23-12-6-3-5-11(9-12)10-14-15(20)18(7-4-8-19)17(24)25-14/h3,5-6,9-10,13,19H,2,4,7-8H2,1H3,(H,21,22)/b14-10-. The molecule has 1 saturated heterocycles. The SMILES string of the molecule is CCC(Oc1cccc(/C=C2\SC(=S)N(CCCO)C2=O)c1)C(=O)O. The molecule has 1 amide bonds. The van der Waals surface area contributed by atoms with Crippen LogP contribution in [0.2, 0.25) is 0 Å². The third-order valence-electron chi connectivity index (χ3n) is 3.49. The molecule has 2 N–H and O–H groups in total. The number of nitrogens with zero attached hydrogens (tertiary/aromatic N) is 1. The molecule has 1 unspecified atom stereocenters. The van der Waals surface area contributed by atoms with Crippen molar-refractivity contribution in [1.29, 1.82) is 0 Å². The lowest BCUT2D eigenvalue weighted by atomic mass is 10.2. The normalized spacial score (nSPS) is 17.2. The summed E-state index contributed by atoms with van der Waals surface area (Å²) in [4.78, 5) is 25.4. The van der Waals surface area contributed by atoms with Gasteiger partial charge in [-0.3, -0.25) is 9.69 Å². The molecule has 0 saturated carbocycles. The molecular weight excluding hydrogens is 362 g/mol. The van der Waals surface area contributed by atoms with E-state index < -0.39 is 12.1 Å². The summed E-state index contributed by atoms with van der Waals surface area (Å²) in [6, 6.07) is 6.90. The number of ether oxygens (including phenoxy) is 1. The highest BCUT2D eigenvalue weighted by Crippen LogP contribution is 2.33. The molecule has 0 spiro atoms. The van der Waals surface area contributed by atoms with Gasteiger partial charge in [0, 0.05) is 13.2 Å². The summed E-state index contributed by atoms with van der Waals surface area (Å²) < 4.78 is 5.93. The van der Waals surface area contributed by atoms with Gasteiger partial charge in [0.25, 0.3) is 5.91 Å². The number of rotatable bonds is 8. The molecule has 1 aliphatic heterocycles. The second kappa shape index (κ2) is 8.98. The van der Waals surface area contributed by atoms with E-state index in [1.807, 2.05) is 0 Å². The molecule has 2 rings (SSSR count). The number of aliphatic hydroxyl groups excluding tert-OH is 1. The van der Waals surface area contributed by atoms with Gasteiger partial charge in [0.2, 0.25) is 0 Å². The van der Waals surface area contributed by atoms with Gasteiger partial charge in [-0.25, -0.2) is 4.79 Å². The first-order valence-electron chi connectivity index (χ1n) is 7.82. The van der Waals surface area contributed by atoms with E-state index in [0.29, 0.717) is 34.4 Å². The van der Waals surface area contributed by atoms with Crippen molar-refractivity contribution < 1.29 is 24.5 Å². The van der Waals surface area contributed by atoms with Crippen molar-refractivity contribution >= 4 is 46.3 Å². The van der Waals surface area contributed by atoms with Crippen LogP contribution >= 0.6 is 24.0 Å². The smallest absolute Gasteiger partial charge is 0.344 e. The number of benzene rings is 1. The topological polar surface area (TPSA) is 87.1 Å². The third-order valence-corrected chi connectivity index (χ3v) is 4.87. The van der Waals surface area contributed by atoms with E-state index >= 15 is 0 Å². The third kappa shape index (κ3) is 5.04. The fourth-order valence-electron chi connectivity index (χ4n) is 2.22. The Hall–Kier alpha value is -1.90. The summed E-state index contributed by atoms with van der Waals surface area (Å²) in [5.41, 5.74) is 0.723. The van der Waals surface area contributed by atoms with E-state index in [1.165, 1.54) is 16.7 Å². The van der Waals surface area contributed by atoms with Gasteiger partial charge >= 0.3 is 5.97 Å². The fourth-order valence-corrected chi connectivity index (χ4v) is 3.53. The number of aliphatic carboxylic acids is 1. The van der Waals surface area contributed by atoms with Crippen LogP contribution in [0.25, 0.3) is 6.08 Å². The molecule has 6 nitrogen and oxygen atoms in total. The van der Waals surface area contributed by atoms with E-state index in [1.54, 1.807) is 37.3 Å². The van der Waals surface area contributed by atoms with Crippen molar-refractivity contribution in [2.45, 2.75) is 25.9 Å². The van der Waals surface area contributed by atoms with Crippen LogP contribution < -0.4 is 4.74 Å². The number of carbonyl (C=O) groups excluding carboxylic acids is 1. The molecule has 25 heavy (non-hydrogen) atoms. The van der Waals surface area contributed by atoms with Gasteiger partial charge in [-0.2, -0.15) is 0 Å². The van der Waals surface area contributed by atoms with Gasteiger partial charge in [0.1, 0.15) is 10.1 Å². The number of thioether (sulfide) groups is 1. The molecule has 0 aliphatic carbocycles. The van der Waals surface area contributed by atoms with Crippen molar-refractivity contribution in [2.75, 3.05) is 13.2 Å². The van der Waals surface area contributed by atoms with Crippen LogP contribution in [0.1, 0.15) is 25.3 Å². The quantitative estimate of drug-likeness (QED) is 0.528. The van der Waals surface area contributed by atoms with Crippen LogP contribution in [0.4, 0.5) is 0 Å². The van der Waals surface area contributed by atoms with Gasteiger partial charge in [-0.05, 0) is 36.6 Å². The Morgan fingerprint density at radius 3 is 2.88 bits per heavy atom. The number of carboxylic acid groups (broad SMARTS) is 1. The number of aliphatic hydroxyl groups is 1. The van der Waals surface area contributed by atoms with Crippen molar-refractivity contribution in [1.82, 2.24) is 4.90 Å². The van der Waals surface area contributed by atoms with Crippen molar-refractivity contribution in [3.8, 4) is 5.75 Å². The van der Waals surface area contributed by atoms with E-state index in [0.717, 1.165) is 5.56 Å². The van der Waals surface area contributed by atoms with E-state index in [-0.39, 0.29) is 12.5 Å². The Morgan fingerprint density at radius 1 is 1.48 bits per heavy atom. The number of carboxylic acids is 1. The highest BCUT2D eigenvalue weighted by molar-refractivity contribution is 8.26. The average molecular weight is 381 g/mol. The maximum atomic E-state index is 12.4. The highest BCUT2D eigenvalue weighted by atomic mass is 32.2. The number of amides is 1. The molecule has 0 radical (unpaired) electrons. The molecule has 1 aliphatic rings. The number of hydrogen-bond acceptors (Lipinski definition) is 6. The Balaban J connectivity index is 2.16. The Morgan fingerprint density at radius 2 is 2.24 bits per heavy atom. The van der Waals surface area contributed by atoms with Gasteiger partial charge in [0.15, 0.2) is 6.10 Å². The van der Waals surface area contributed by atoms with Crippen molar-refractivity contribution in [2.24, 2.45) is 0 Å². The lowest BCUT2D eigenvalue weighted by Crippen LogP contribution is -2.29. The summed E-state index contributed by atoms with van der Waals surface area (Å²) in [6.45, 7) is 2.12. The Bertz CT molecular complexity index is 704. The van der Waals surface area contributed by atoms with Crippen LogP contribution in [0.5, 0.6) is 5.75 Å². The predicted molar refractivity (Wildman–Crippen MR) is 100 cm³/mol. The van der Waals surface area contributed by atoms with Gasteiger partial charge in [-0.15, -0.1) is 0 Å². The molecule has 1 aromatic rings. The molecule has 1 atom stereocenters.